The molecule has 0 saturated heterocycles. The van der Waals surface area contributed by atoms with Crippen LogP contribution < -0.4 is 15.8 Å². The number of hydrogen-bond donors (Lipinski definition) is 2. The molecule has 0 fully saturated rings. The lowest BCUT2D eigenvalue weighted by atomic mass is 10.2. The fourth-order valence-electron chi connectivity index (χ4n) is 2.48. The van der Waals surface area contributed by atoms with E-state index in [2.05, 4.69) is 10.3 Å². The summed E-state index contributed by atoms with van der Waals surface area (Å²) < 4.78 is 5.75. The second-order valence-corrected chi connectivity index (χ2v) is 5.83. The van der Waals surface area contributed by atoms with Crippen molar-refractivity contribution in [2.75, 3.05) is 5.73 Å². The summed E-state index contributed by atoms with van der Waals surface area (Å²) in [4.78, 5) is 16.5. The summed E-state index contributed by atoms with van der Waals surface area (Å²) in [6.45, 7) is 2.39. The number of pyridine rings is 1. The van der Waals surface area contributed by atoms with E-state index in [0.717, 1.165) is 29.2 Å². The highest BCUT2D eigenvalue weighted by Crippen LogP contribution is 2.21. The maximum atomic E-state index is 12.3. The van der Waals surface area contributed by atoms with Crippen molar-refractivity contribution in [1.82, 2.24) is 10.3 Å². The van der Waals surface area contributed by atoms with E-state index < -0.39 is 0 Å². The van der Waals surface area contributed by atoms with Crippen LogP contribution >= 0.6 is 0 Å². The van der Waals surface area contributed by atoms with Crippen molar-refractivity contribution in [2.45, 2.75) is 19.9 Å². The van der Waals surface area contributed by atoms with Gasteiger partial charge in [-0.15, -0.1) is 0 Å². The number of carbonyl (C=O) groups excluding carboxylic acids is 1. The van der Waals surface area contributed by atoms with Crippen LogP contribution in [0.3, 0.4) is 0 Å². The number of aromatic nitrogens is 1. The molecule has 0 saturated carbocycles. The standard InChI is InChI=1S/C21H21N3O2/c1-2-16-10-13-19(20(22)24-16)21(25)23-14-15-8-11-18(12-9-15)26-17-6-4-3-5-7-17/h3-13H,2,14H2,1H3,(H2,22,24)(H,23,25). The van der Waals surface area contributed by atoms with Gasteiger partial charge in [-0.05, 0) is 48.4 Å². The smallest absolute Gasteiger partial charge is 0.255 e. The molecule has 5 nitrogen and oxygen atoms in total. The van der Waals surface area contributed by atoms with Gasteiger partial charge in [0.15, 0.2) is 0 Å². The number of ether oxygens (including phenoxy) is 1. The van der Waals surface area contributed by atoms with E-state index in [9.17, 15) is 4.79 Å². The minimum atomic E-state index is -0.234. The SMILES string of the molecule is CCc1ccc(C(=O)NCc2ccc(Oc3ccccc3)cc2)c(N)n1. The largest absolute Gasteiger partial charge is 0.457 e. The Bertz CT molecular complexity index is 878. The molecule has 0 unspecified atom stereocenters. The Morgan fingerprint density at radius 1 is 1.00 bits per heavy atom. The van der Waals surface area contributed by atoms with Crippen molar-refractivity contribution in [3.63, 3.8) is 0 Å². The number of anilines is 1. The minimum absolute atomic E-state index is 0.234. The molecule has 3 N–H and O–H groups in total. The molecule has 0 bridgehead atoms. The summed E-state index contributed by atoms with van der Waals surface area (Å²) in [7, 11) is 0. The van der Waals surface area contributed by atoms with E-state index in [-0.39, 0.29) is 11.7 Å². The Morgan fingerprint density at radius 2 is 1.69 bits per heavy atom. The maximum absolute atomic E-state index is 12.3. The molecule has 0 spiro atoms. The fraction of sp³-hybridized carbons (Fsp3) is 0.143. The van der Waals surface area contributed by atoms with Crippen LogP contribution in [0, 0.1) is 0 Å². The Morgan fingerprint density at radius 3 is 2.35 bits per heavy atom. The number of hydrogen-bond acceptors (Lipinski definition) is 4. The van der Waals surface area contributed by atoms with Crippen molar-refractivity contribution < 1.29 is 9.53 Å². The normalized spacial score (nSPS) is 10.3. The highest BCUT2D eigenvalue weighted by atomic mass is 16.5. The fourth-order valence-corrected chi connectivity index (χ4v) is 2.48. The van der Waals surface area contributed by atoms with Gasteiger partial charge in [-0.2, -0.15) is 0 Å². The Hall–Kier alpha value is -3.34. The van der Waals surface area contributed by atoms with Crippen LogP contribution in [-0.4, -0.2) is 10.9 Å². The second kappa shape index (κ2) is 8.16. The Labute approximate surface area is 152 Å². The van der Waals surface area contributed by atoms with Gasteiger partial charge in [-0.1, -0.05) is 37.3 Å². The van der Waals surface area contributed by atoms with Gasteiger partial charge in [0.25, 0.3) is 5.91 Å². The van der Waals surface area contributed by atoms with Crippen molar-refractivity contribution in [2.24, 2.45) is 0 Å². The third-order valence-corrected chi connectivity index (χ3v) is 3.94. The number of benzene rings is 2. The van der Waals surface area contributed by atoms with Gasteiger partial charge in [0.2, 0.25) is 0 Å². The van der Waals surface area contributed by atoms with E-state index in [1.165, 1.54) is 0 Å². The van der Waals surface area contributed by atoms with Gasteiger partial charge < -0.3 is 15.8 Å². The monoisotopic (exact) mass is 347 g/mol. The highest BCUT2D eigenvalue weighted by molar-refractivity contribution is 5.98. The predicted octanol–water partition coefficient (Wildman–Crippen LogP) is 3.95. The number of amides is 1. The molecule has 0 radical (unpaired) electrons. The van der Waals surface area contributed by atoms with Crippen LogP contribution in [0.4, 0.5) is 5.82 Å². The lowest BCUT2D eigenvalue weighted by Gasteiger charge is -2.09. The highest BCUT2D eigenvalue weighted by Gasteiger charge is 2.11. The van der Waals surface area contributed by atoms with E-state index >= 15 is 0 Å². The number of nitrogen functional groups attached to an aromatic ring is 1. The minimum Gasteiger partial charge on any atom is -0.457 e. The average molecular weight is 347 g/mol. The molecule has 2 aromatic carbocycles. The molecule has 3 rings (SSSR count). The lowest BCUT2D eigenvalue weighted by molar-refractivity contribution is 0.0951. The van der Waals surface area contributed by atoms with Gasteiger partial charge in [0.1, 0.15) is 17.3 Å². The van der Waals surface area contributed by atoms with Crippen molar-refractivity contribution in [3.8, 4) is 11.5 Å². The Kier molecular flexibility index (Phi) is 5.49. The number of nitrogens with one attached hydrogen (secondary N) is 1. The summed E-state index contributed by atoms with van der Waals surface area (Å²) >= 11 is 0. The molecule has 1 aromatic heterocycles. The average Bonchev–Trinajstić information content (AvgIpc) is 2.68. The quantitative estimate of drug-likeness (QED) is 0.708. The van der Waals surface area contributed by atoms with Gasteiger partial charge in [0, 0.05) is 12.2 Å². The molecule has 1 amide bonds. The van der Waals surface area contributed by atoms with Crippen LogP contribution in [0.2, 0.25) is 0 Å². The summed E-state index contributed by atoms with van der Waals surface area (Å²) in [5.74, 6) is 1.55. The van der Waals surface area contributed by atoms with Gasteiger partial charge in [0.05, 0.1) is 5.56 Å². The molecule has 3 aromatic rings. The maximum Gasteiger partial charge on any atom is 0.255 e. The first-order valence-corrected chi connectivity index (χ1v) is 8.51. The van der Waals surface area contributed by atoms with Crippen molar-refractivity contribution in [1.29, 1.82) is 0 Å². The number of nitrogens with zero attached hydrogens (tertiary/aromatic N) is 1. The first kappa shape index (κ1) is 17.5. The molecule has 0 aliphatic rings. The van der Waals surface area contributed by atoms with Crippen LogP contribution in [0.25, 0.3) is 0 Å². The molecule has 5 heteroatoms. The Balaban J connectivity index is 1.58. The molecular weight excluding hydrogens is 326 g/mol. The van der Waals surface area contributed by atoms with Crippen LogP contribution in [0.15, 0.2) is 66.7 Å². The molecule has 0 aliphatic heterocycles. The zero-order valence-electron chi connectivity index (χ0n) is 14.6. The zero-order chi connectivity index (χ0) is 18.4. The van der Waals surface area contributed by atoms with E-state index in [0.29, 0.717) is 12.1 Å². The summed E-state index contributed by atoms with van der Waals surface area (Å²) in [6.07, 6.45) is 0.781. The van der Waals surface area contributed by atoms with Crippen LogP contribution in [0.1, 0.15) is 28.5 Å². The second-order valence-electron chi connectivity index (χ2n) is 5.83. The van der Waals surface area contributed by atoms with Crippen molar-refractivity contribution in [3.05, 3.63) is 83.6 Å². The van der Waals surface area contributed by atoms with Crippen LogP contribution in [-0.2, 0) is 13.0 Å². The lowest BCUT2D eigenvalue weighted by Crippen LogP contribution is -2.24. The number of para-hydroxylation sites is 1. The predicted molar refractivity (Wildman–Crippen MR) is 102 cm³/mol. The third-order valence-electron chi connectivity index (χ3n) is 3.94. The van der Waals surface area contributed by atoms with E-state index in [1.807, 2.05) is 67.6 Å². The number of nitrogens with two attached hydrogens (primary N) is 1. The summed E-state index contributed by atoms with van der Waals surface area (Å²) in [6, 6.07) is 20.7. The summed E-state index contributed by atoms with van der Waals surface area (Å²) in [5.41, 5.74) is 8.10. The molecule has 1 heterocycles. The van der Waals surface area contributed by atoms with Crippen LogP contribution in [0.5, 0.6) is 11.5 Å². The van der Waals surface area contributed by atoms with E-state index in [4.69, 9.17) is 10.5 Å². The first-order chi connectivity index (χ1) is 12.7. The molecule has 132 valence electrons. The topological polar surface area (TPSA) is 77.2 Å². The molecular formula is C21H21N3O2. The van der Waals surface area contributed by atoms with Gasteiger partial charge >= 0.3 is 0 Å². The van der Waals surface area contributed by atoms with E-state index in [1.54, 1.807) is 6.07 Å². The molecule has 0 aliphatic carbocycles. The number of rotatable bonds is 6. The molecule has 0 atom stereocenters. The van der Waals surface area contributed by atoms with Crippen molar-refractivity contribution >= 4 is 11.7 Å². The third kappa shape index (κ3) is 4.39. The summed E-state index contributed by atoms with van der Waals surface area (Å²) in [5, 5.41) is 2.86. The number of aryl methyl sites for hydroxylation is 1. The first-order valence-electron chi connectivity index (χ1n) is 8.51. The van der Waals surface area contributed by atoms with Gasteiger partial charge in [-0.25, -0.2) is 4.98 Å². The molecule has 26 heavy (non-hydrogen) atoms. The van der Waals surface area contributed by atoms with Gasteiger partial charge in [-0.3, -0.25) is 4.79 Å². The zero-order valence-corrected chi connectivity index (χ0v) is 14.6. The number of carbonyl (C=O) groups is 1.